The van der Waals surface area contributed by atoms with Gasteiger partial charge in [0.15, 0.2) is 0 Å². The van der Waals surface area contributed by atoms with Gasteiger partial charge in [0.25, 0.3) is 0 Å². The van der Waals surface area contributed by atoms with E-state index in [2.05, 4.69) is 42.6 Å². The molecular weight excluding hydrogens is 350 g/mol. The van der Waals surface area contributed by atoms with E-state index in [0.717, 1.165) is 5.56 Å². The molecule has 0 fully saturated rings. The molecule has 0 aliphatic heterocycles. The van der Waals surface area contributed by atoms with Crippen molar-refractivity contribution in [1.29, 1.82) is 0 Å². The molecule has 0 radical (unpaired) electrons. The molecule has 0 aliphatic carbocycles. The van der Waals surface area contributed by atoms with Gasteiger partial charge in [-0.15, -0.1) is 0 Å². The quantitative estimate of drug-likeness (QED) is 0.576. The third-order valence-corrected chi connectivity index (χ3v) is 4.89. The lowest BCUT2D eigenvalue weighted by Crippen LogP contribution is -2.30. The molecule has 0 amide bonds. The van der Waals surface area contributed by atoms with Crippen LogP contribution in [0.15, 0.2) is 66.7 Å². The summed E-state index contributed by atoms with van der Waals surface area (Å²) in [5, 5.41) is 16.3. The van der Waals surface area contributed by atoms with Crippen LogP contribution in [0, 0.1) is 0 Å². The van der Waals surface area contributed by atoms with Crippen LogP contribution in [0.5, 0.6) is 0 Å². The van der Waals surface area contributed by atoms with E-state index in [1.54, 1.807) is 19.1 Å². The standard InChI is InChI=1S/C24H27NO3/c1-3-28-24(27)20-13-11-18(12-14-20)15-21(26)16-25-17(2)22-10-6-8-19-7-4-5-9-23(19)22/h4-14,17,21,25-26H,3,15-16H2,1-2H3/t17-,21?/m1/s1. The van der Waals surface area contributed by atoms with Crippen LogP contribution in [0.1, 0.15) is 41.4 Å². The number of nitrogens with one attached hydrogen (secondary N) is 1. The number of aliphatic hydroxyl groups is 1. The highest BCUT2D eigenvalue weighted by molar-refractivity contribution is 5.89. The molecule has 3 rings (SSSR count). The molecule has 0 saturated carbocycles. The summed E-state index contributed by atoms with van der Waals surface area (Å²) in [6.07, 6.45) is 0.0177. The minimum Gasteiger partial charge on any atom is -0.462 e. The lowest BCUT2D eigenvalue weighted by Gasteiger charge is -2.19. The van der Waals surface area contributed by atoms with Crippen LogP contribution in [0.25, 0.3) is 10.8 Å². The first-order valence-electron chi connectivity index (χ1n) is 9.73. The van der Waals surface area contributed by atoms with Crippen molar-refractivity contribution in [2.24, 2.45) is 0 Å². The summed E-state index contributed by atoms with van der Waals surface area (Å²) in [6, 6.07) is 22.0. The average Bonchev–Trinajstić information content (AvgIpc) is 2.72. The number of carbonyl (C=O) groups is 1. The first-order valence-corrected chi connectivity index (χ1v) is 9.73. The minimum absolute atomic E-state index is 0.131. The molecule has 4 heteroatoms. The molecule has 0 bridgehead atoms. The zero-order valence-electron chi connectivity index (χ0n) is 16.4. The molecule has 2 atom stereocenters. The lowest BCUT2D eigenvalue weighted by atomic mass is 9.99. The van der Waals surface area contributed by atoms with E-state index in [1.807, 2.05) is 24.3 Å². The highest BCUT2D eigenvalue weighted by Gasteiger charge is 2.12. The number of benzene rings is 3. The van der Waals surface area contributed by atoms with Crippen molar-refractivity contribution in [2.75, 3.05) is 13.2 Å². The fraction of sp³-hybridized carbons (Fsp3) is 0.292. The molecule has 0 aromatic heterocycles. The van der Waals surface area contributed by atoms with Gasteiger partial charge in [-0.1, -0.05) is 54.6 Å². The van der Waals surface area contributed by atoms with Gasteiger partial charge in [0.05, 0.1) is 18.3 Å². The molecule has 3 aromatic rings. The average molecular weight is 377 g/mol. The Morgan fingerprint density at radius 1 is 1.04 bits per heavy atom. The van der Waals surface area contributed by atoms with E-state index in [1.165, 1.54) is 16.3 Å². The summed E-state index contributed by atoms with van der Waals surface area (Å²) in [5.41, 5.74) is 2.74. The van der Waals surface area contributed by atoms with Crippen LogP contribution >= 0.6 is 0 Å². The Labute approximate surface area is 166 Å². The van der Waals surface area contributed by atoms with E-state index >= 15 is 0 Å². The number of fused-ring (bicyclic) bond motifs is 1. The first kappa shape index (κ1) is 20.1. The summed E-state index contributed by atoms with van der Waals surface area (Å²) >= 11 is 0. The first-order chi connectivity index (χ1) is 13.6. The monoisotopic (exact) mass is 377 g/mol. The molecule has 0 saturated heterocycles. The zero-order chi connectivity index (χ0) is 19.9. The fourth-order valence-electron chi connectivity index (χ4n) is 3.39. The van der Waals surface area contributed by atoms with Crippen LogP contribution in [-0.2, 0) is 11.2 Å². The molecule has 3 aromatic carbocycles. The number of rotatable bonds is 8. The summed E-state index contributed by atoms with van der Waals surface area (Å²) < 4.78 is 4.99. The highest BCUT2D eigenvalue weighted by Crippen LogP contribution is 2.24. The van der Waals surface area contributed by atoms with Gasteiger partial charge in [-0.25, -0.2) is 4.79 Å². The predicted molar refractivity (Wildman–Crippen MR) is 112 cm³/mol. The van der Waals surface area contributed by atoms with E-state index in [-0.39, 0.29) is 12.0 Å². The van der Waals surface area contributed by atoms with Crippen LogP contribution in [0.2, 0.25) is 0 Å². The van der Waals surface area contributed by atoms with Gasteiger partial charge in [0.2, 0.25) is 0 Å². The Balaban J connectivity index is 1.56. The summed E-state index contributed by atoms with van der Waals surface area (Å²) in [4.78, 5) is 11.7. The number of carbonyl (C=O) groups excluding carboxylic acids is 1. The second-order valence-corrected chi connectivity index (χ2v) is 6.97. The van der Waals surface area contributed by atoms with Gasteiger partial charge in [-0.05, 0) is 54.3 Å². The molecule has 2 N–H and O–H groups in total. The largest absolute Gasteiger partial charge is 0.462 e. The summed E-state index contributed by atoms with van der Waals surface area (Å²) in [6.45, 7) is 4.75. The van der Waals surface area contributed by atoms with Crippen LogP contribution in [0.3, 0.4) is 0 Å². The Kier molecular flexibility index (Phi) is 6.80. The second-order valence-electron chi connectivity index (χ2n) is 6.97. The highest BCUT2D eigenvalue weighted by atomic mass is 16.5. The number of hydrogen-bond acceptors (Lipinski definition) is 4. The molecule has 146 valence electrons. The molecule has 4 nitrogen and oxygen atoms in total. The maximum absolute atomic E-state index is 11.7. The van der Waals surface area contributed by atoms with Crippen molar-refractivity contribution < 1.29 is 14.6 Å². The van der Waals surface area contributed by atoms with Crippen molar-refractivity contribution in [2.45, 2.75) is 32.4 Å². The van der Waals surface area contributed by atoms with Crippen molar-refractivity contribution >= 4 is 16.7 Å². The maximum atomic E-state index is 11.7. The Morgan fingerprint density at radius 3 is 2.50 bits per heavy atom. The number of hydrogen-bond donors (Lipinski definition) is 2. The van der Waals surface area contributed by atoms with E-state index < -0.39 is 6.10 Å². The molecule has 28 heavy (non-hydrogen) atoms. The zero-order valence-corrected chi connectivity index (χ0v) is 16.4. The van der Waals surface area contributed by atoms with Gasteiger partial charge in [-0.3, -0.25) is 0 Å². The molecule has 0 heterocycles. The normalized spacial score (nSPS) is 13.2. The third kappa shape index (κ3) is 4.97. The van der Waals surface area contributed by atoms with Crippen LogP contribution < -0.4 is 5.32 Å². The van der Waals surface area contributed by atoms with E-state index in [9.17, 15) is 9.90 Å². The maximum Gasteiger partial charge on any atom is 0.338 e. The van der Waals surface area contributed by atoms with Gasteiger partial charge in [0.1, 0.15) is 0 Å². The molecular formula is C24H27NO3. The van der Waals surface area contributed by atoms with Gasteiger partial charge in [0, 0.05) is 12.6 Å². The number of esters is 1. The second kappa shape index (κ2) is 9.49. The Morgan fingerprint density at radius 2 is 1.75 bits per heavy atom. The van der Waals surface area contributed by atoms with Gasteiger partial charge >= 0.3 is 5.97 Å². The van der Waals surface area contributed by atoms with Crippen LogP contribution in [-0.4, -0.2) is 30.3 Å². The summed E-state index contributed by atoms with van der Waals surface area (Å²) in [5.74, 6) is -0.319. The molecule has 0 aliphatic rings. The van der Waals surface area contributed by atoms with Crippen molar-refractivity contribution in [1.82, 2.24) is 5.32 Å². The number of aliphatic hydroxyl groups excluding tert-OH is 1. The Hall–Kier alpha value is -2.69. The smallest absolute Gasteiger partial charge is 0.338 e. The van der Waals surface area contributed by atoms with Crippen LogP contribution in [0.4, 0.5) is 0 Å². The van der Waals surface area contributed by atoms with Crippen molar-refractivity contribution in [3.05, 3.63) is 83.4 Å². The fourth-order valence-corrected chi connectivity index (χ4v) is 3.39. The minimum atomic E-state index is -0.508. The van der Waals surface area contributed by atoms with Gasteiger partial charge < -0.3 is 15.2 Å². The van der Waals surface area contributed by atoms with E-state index in [0.29, 0.717) is 25.1 Å². The Bertz CT molecular complexity index is 915. The lowest BCUT2D eigenvalue weighted by molar-refractivity contribution is 0.0526. The predicted octanol–water partition coefficient (Wildman–Crippen LogP) is 4.27. The third-order valence-electron chi connectivity index (χ3n) is 4.89. The molecule has 1 unspecified atom stereocenters. The van der Waals surface area contributed by atoms with Gasteiger partial charge in [-0.2, -0.15) is 0 Å². The molecule has 0 spiro atoms. The SMILES string of the molecule is CCOC(=O)c1ccc(CC(O)CN[C@H](C)c2cccc3ccccc23)cc1. The number of ether oxygens (including phenoxy) is 1. The summed E-state index contributed by atoms with van der Waals surface area (Å²) in [7, 11) is 0. The van der Waals surface area contributed by atoms with Crippen molar-refractivity contribution in [3.8, 4) is 0 Å². The van der Waals surface area contributed by atoms with E-state index in [4.69, 9.17) is 4.74 Å². The topological polar surface area (TPSA) is 58.6 Å². The van der Waals surface area contributed by atoms with Crippen molar-refractivity contribution in [3.63, 3.8) is 0 Å².